The van der Waals surface area contributed by atoms with Crippen LogP contribution in [-0.4, -0.2) is 23.4 Å². The standard InChI is InChI=1S/C21H18ClN3O3/c1-2-28-17-9-7-16(8-10-17)24-20(26)14-11-15(13-23-12-14)21(27)25-19-6-4-3-5-18(19)22/h3-13H,2H2,1H3,(H,24,26)(H,25,27). The Bertz CT molecular complexity index is 990. The van der Waals surface area contributed by atoms with Crippen LogP contribution in [-0.2, 0) is 0 Å². The van der Waals surface area contributed by atoms with Crippen LogP contribution < -0.4 is 15.4 Å². The SMILES string of the molecule is CCOc1ccc(NC(=O)c2cncc(C(=O)Nc3ccccc3Cl)c2)cc1. The van der Waals surface area contributed by atoms with E-state index in [0.29, 0.717) is 23.0 Å². The maximum atomic E-state index is 12.5. The van der Waals surface area contributed by atoms with Gasteiger partial charge >= 0.3 is 0 Å². The second-order valence-electron chi connectivity index (χ2n) is 5.81. The number of nitrogens with one attached hydrogen (secondary N) is 2. The van der Waals surface area contributed by atoms with Crippen molar-refractivity contribution in [3.8, 4) is 5.75 Å². The molecule has 0 bridgehead atoms. The van der Waals surface area contributed by atoms with Crippen LogP contribution in [0.25, 0.3) is 0 Å². The number of pyridine rings is 1. The van der Waals surface area contributed by atoms with E-state index in [9.17, 15) is 9.59 Å². The van der Waals surface area contributed by atoms with Gasteiger partial charge in [0.2, 0.25) is 0 Å². The van der Waals surface area contributed by atoms with E-state index in [1.807, 2.05) is 6.92 Å². The van der Waals surface area contributed by atoms with Crippen molar-refractivity contribution in [3.05, 3.63) is 83.1 Å². The Morgan fingerprint density at radius 2 is 1.61 bits per heavy atom. The van der Waals surface area contributed by atoms with Gasteiger partial charge in [-0.1, -0.05) is 23.7 Å². The van der Waals surface area contributed by atoms with Gasteiger partial charge in [0.15, 0.2) is 0 Å². The van der Waals surface area contributed by atoms with Crippen LogP contribution in [0.15, 0.2) is 67.0 Å². The zero-order valence-corrected chi connectivity index (χ0v) is 15.9. The number of ether oxygens (including phenoxy) is 1. The second kappa shape index (κ2) is 9.01. The maximum absolute atomic E-state index is 12.5. The molecule has 0 radical (unpaired) electrons. The highest BCUT2D eigenvalue weighted by Crippen LogP contribution is 2.21. The number of halogens is 1. The van der Waals surface area contributed by atoms with Crippen LogP contribution in [0.1, 0.15) is 27.6 Å². The first-order chi connectivity index (χ1) is 13.6. The molecule has 2 amide bonds. The summed E-state index contributed by atoms with van der Waals surface area (Å²) in [5.41, 5.74) is 1.61. The average Bonchev–Trinajstić information content (AvgIpc) is 2.71. The third-order valence-corrected chi connectivity index (χ3v) is 4.14. The molecule has 142 valence electrons. The topological polar surface area (TPSA) is 80.3 Å². The number of aromatic nitrogens is 1. The van der Waals surface area contributed by atoms with Crippen LogP contribution >= 0.6 is 11.6 Å². The van der Waals surface area contributed by atoms with Gasteiger partial charge in [-0.2, -0.15) is 0 Å². The predicted octanol–water partition coefficient (Wildman–Crippen LogP) is 4.64. The first-order valence-electron chi connectivity index (χ1n) is 8.62. The van der Waals surface area contributed by atoms with Crippen molar-refractivity contribution in [2.75, 3.05) is 17.2 Å². The molecule has 0 aliphatic rings. The number of hydrogen-bond acceptors (Lipinski definition) is 4. The zero-order chi connectivity index (χ0) is 19.9. The van der Waals surface area contributed by atoms with Crippen LogP contribution in [0.5, 0.6) is 5.75 Å². The van der Waals surface area contributed by atoms with Crippen LogP contribution in [0, 0.1) is 0 Å². The van der Waals surface area contributed by atoms with Crippen molar-refractivity contribution in [2.45, 2.75) is 6.92 Å². The summed E-state index contributed by atoms with van der Waals surface area (Å²) >= 11 is 6.06. The fraction of sp³-hybridized carbons (Fsp3) is 0.0952. The van der Waals surface area contributed by atoms with Crippen molar-refractivity contribution in [3.63, 3.8) is 0 Å². The quantitative estimate of drug-likeness (QED) is 0.637. The lowest BCUT2D eigenvalue weighted by atomic mass is 10.1. The third-order valence-electron chi connectivity index (χ3n) is 3.81. The molecular formula is C21H18ClN3O3. The molecule has 1 heterocycles. The van der Waals surface area contributed by atoms with E-state index in [-0.39, 0.29) is 17.0 Å². The molecule has 6 nitrogen and oxygen atoms in total. The summed E-state index contributed by atoms with van der Waals surface area (Å²) < 4.78 is 5.37. The Kier molecular flexibility index (Phi) is 6.24. The minimum Gasteiger partial charge on any atom is -0.494 e. The highest BCUT2D eigenvalue weighted by Gasteiger charge is 2.13. The van der Waals surface area contributed by atoms with Gasteiger partial charge in [-0.25, -0.2) is 0 Å². The Hall–Kier alpha value is -3.38. The van der Waals surface area contributed by atoms with E-state index >= 15 is 0 Å². The molecule has 0 spiro atoms. The van der Waals surface area contributed by atoms with E-state index in [4.69, 9.17) is 16.3 Å². The van der Waals surface area contributed by atoms with Gasteiger partial charge in [0.1, 0.15) is 5.75 Å². The molecule has 3 aromatic rings. The number of anilines is 2. The fourth-order valence-corrected chi connectivity index (χ4v) is 2.63. The summed E-state index contributed by atoms with van der Waals surface area (Å²) in [4.78, 5) is 28.9. The molecule has 0 fully saturated rings. The summed E-state index contributed by atoms with van der Waals surface area (Å²) in [6, 6.07) is 15.4. The fourth-order valence-electron chi connectivity index (χ4n) is 2.45. The largest absolute Gasteiger partial charge is 0.494 e. The lowest BCUT2D eigenvalue weighted by molar-refractivity contribution is 0.102. The molecule has 1 aromatic heterocycles. The van der Waals surface area contributed by atoms with Gasteiger partial charge in [-0.3, -0.25) is 14.6 Å². The monoisotopic (exact) mass is 395 g/mol. The molecule has 2 aromatic carbocycles. The number of hydrogen-bond donors (Lipinski definition) is 2. The first kappa shape index (κ1) is 19.4. The van der Waals surface area contributed by atoms with Gasteiger partial charge in [0.05, 0.1) is 28.4 Å². The predicted molar refractivity (Wildman–Crippen MR) is 109 cm³/mol. The van der Waals surface area contributed by atoms with Crippen LogP contribution in [0.3, 0.4) is 0 Å². The smallest absolute Gasteiger partial charge is 0.257 e. The van der Waals surface area contributed by atoms with Crippen molar-refractivity contribution in [1.82, 2.24) is 4.98 Å². The Morgan fingerprint density at radius 1 is 0.964 bits per heavy atom. The molecule has 0 atom stereocenters. The van der Waals surface area contributed by atoms with E-state index in [0.717, 1.165) is 5.75 Å². The van der Waals surface area contributed by atoms with Gasteiger partial charge in [-0.05, 0) is 49.4 Å². The van der Waals surface area contributed by atoms with Gasteiger partial charge in [0, 0.05) is 18.1 Å². The zero-order valence-electron chi connectivity index (χ0n) is 15.1. The molecule has 3 rings (SSSR count). The van der Waals surface area contributed by atoms with Crippen molar-refractivity contribution in [2.24, 2.45) is 0 Å². The number of rotatable bonds is 6. The normalized spacial score (nSPS) is 10.2. The Labute approximate surface area is 167 Å². The summed E-state index contributed by atoms with van der Waals surface area (Å²) in [6.45, 7) is 2.47. The number of amides is 2. The van der Waals surface area contributed by atoms with Crippen molar-refractivity contribution >= 4 is 34.8 Å². The van der Waals surface area contributed by atoms with E-state index in [1.54, 1.807) is 48.5 Å². The summed E-state index contributed by atoms with van der Waals surface area (Å²) in [7, 11) is 0. The van der Waals surface area contributed by atoms with E-state index in [1.165, 1.54) is 18.5 Å². The average molecular weight is 396 g/mol. The van der Waals surface area contributed by atoms with Crippen LogP contribution in [0.4, 0.5) is 11.4 Å². The molecule has 0 aliphatic carbocycles. The summed E-state index contributed by atoms with van der Waals surface area (Å²) in [5.74, 6) is -0.0548. The molecule has 0 saturated heterocycles. The van der Waals surface area contributed by atoms with Gasteiger partial charge in [0.25, 0.3) is 11.8 Å². The van der Waals surface area contributed by atoms with E-state index < -0.39 is 5.91 Å². The minimum atomic E-state index is -0.406. The third kappa shape index (κ3) is 4.86. The molecule has 2 N–H and O–H groups in total. The summed E-state index contributed by atoms with van der Waals surface area (Å²) in [6.07, 6.45) is 2.79. The molecule has 0 unspecified atom stereocenters. The lowest BCUT2D eigenvalue weighted by Gasteiger charge is -2.09. The first-order valence-corrected chi connectivity index (χ1v) is 8.99. The molecular weight excluding hydrogens is 378 g/mol. The highest BCUT2D eigenvalue weighted by molar-refractivity contribution is 6.33. The number of carbonyl (C=O) groups excluding carboxylic acids is 2. The molecule has 28 heavy (non-hydrogen) atoms. The minimum absolute atomic E-state index is 0.249. The second-order valence-corrected chi connectivity index (χ2v) is 6.21. The highest BCUT2D eigenvalue weighted by atomic mass is 35.5. The van der Waals surface area contributed by atoms with Crippen molar-refractivity contribution in [1.29, 1.82) is 0 Å². The molecule has 7 heteroatoms. The Balaban J connectivity index is 1.70. The number of benzene rings is 2. The van der Waals surface area contributed by atoms with Gasteiger partial charge < -0.3 is 15.4 Å². The van der Waals surface area contributed by atoms with E-state index in [2.05, 4.69) is 15.6 Å². The molecule has 0 saturated carbocycles. The van der Waals surface area contributed by atoms with Crippen molar-refractivity contribution < 1.29 is 14.3 Å². The number of nitrogens with zero attached hydrogens (tertiary/aromatic N) is 1. The van der Waals surface area contributed by atoms with Crippen LogP contribution in [0.2, 0.25) is 5.02 Å². The van der Waals surface area contributed by atoms with Gasteiger partial charge in [-0.15, -0.1) is 0 Å². The Morgan fingerprint density at radius 3 is 2.25 bits per heavy atom. The maximum Gasteiger partial charge on any atom is 0.257 e. The lowest BCUT2D eigenvalue weighted by Crippen LogP contribution is -2.16. The number of para-hydroxylation sites is 1. The number of carbonyl (C=O) groups is 2. The summed E-state index contributed by atoms with van der Waals surface area (Å²) in [5, 5.41) is 5.89. The molecule has 0 aliphatic heterocycles.